The topological polar surface area (TPSA) is 222 Å². The molecule has 2 aromatic rings. The Bertz CT molecular complexity index is 1020. The van der Waals surface area contributed by atoms with E-state index in [1.165, 1.54) is 24.5 Å². The lowest BCUT2D eigenvalue weighted by Crippen LogP contribution is -2.36. The maximum Gasteiger partial charge on any atom is 0.351 e. The van der Waals surface area contributed by atoms with Crippen molar-refractivity contribution in [2.45, 2.75) is 49.1 Å². The Labute approximate surface area is 184 Å². The number of hydrogen-bond donors (Lipinski definition) is 7. The zero-order chi connectivity index (χ0) is 23.9. The first-order valence-electron chi connectivity index (χ1n) is 9.95. The van der Waals surface area contributed by atoms with Gasteiger partial charge in [0.25, 0.3) is 0 Å². The number of anilines is 2. The van der Waals surface area contributed by atoms with Gasteiger partial charge in [-0.3, -0.25) is 9.13 Å². The van der Waals surface area contributed by atoms with Crippen molar-refractivity contribution in [3.63, 3.8) is 0 Å². The summed E-state index contributed by atoms with van der Waals surface area (Å²) in [6.07, 6.45) is -7.76. The molecule has 15 heteroatoms. The van der Waals surface area contributed by atoms with Crippen molar-refractivity contribution < 1.29 is 40.1 Å². The van der Waals surface area contributed by atoms with E-state index >= 15 is 0 Å². The Morgan fingerprint density at radius 2 is 1.15 bits per heavy atom. The number of rotatable bonds is 6. The molecule has 8 atom stereocenters. The van der Waals surface area contributed by atoms with Crippen molar-refractivity contribution in [1.82, 2.24) is 19.1 Å². The van der Waals surface area contributed by atoms with Gasteiger partial charge < -0.3 is 45.4 Å². The summed E-state index contributed by atoms with van der Waals surface area (Å²) in [6, 6.07) is 2.69. The Morgan fingerprint density at radius 1 is 0.758 bits per heavy atom. The Hall–Kier alpha value is -2.76. The summed E-state index contributed by atoms with van der Waals surface area (Å²) in [5.41, 5.74) is -1.68. The van der Waals surface area contributed by atoms with Crippen molar-refractivity contribution in [2.24, 2.45) is 0 Å². The molecule has 15 nitrogen and oxygen atoms in total. The predicted molar refractivity (Wildman–Crippen MR) is 106 cm³/mol. The lowest BCUT2D eigenvalue weighted by molar-refractivity contribution is -0.0549. The number of ether oxygens (including phenoxy) is 2. The minimum absolute atomic E-state index is 0.0144. The fraction of sp³-hybridized carbons (Fsp3) is 0.556. The second-order valence-corrected chi connectivity index (χ2v) is 7.59. The second kappa shape index (κ2) is 9.24. The number of hydrogen-bond acceptors (Lipinski definition) is 13. The van der Waals surface area contributed by atoms with Gasteiger partial charge in [0.2, 0.25) is 0 Å². The zero-order valence-electron chi connectivity index (χ0n) is 16.9. The van der Waals surface area contributed by atoms with E-state index in [4.69, 9.17) is 9.47 Å². The summed E-state index contributed by atoms with van der Waals surface area (Å²) in [6.45, 7) is -1.09. The molecule has 33 heavy (non-hydrogen) atoms. The smallest absolute Gasteiger partial charge is 0.351 e. The minimum Gasteiger partial charge on any atom is -0.394 e. The maximum absolute atomic E-state index is 12.4. The third kappa shape index (κ3) is 4.28. The molecule has 2 fully saturated rings. The highest BCUT2D eigenvalue weighted by molar-refractivity contribution is 5.49. The molecule has 0 spiro atoms. The first kappa shape index (κ1) is 23.4. The van der Waals surface area contributed by atoms with Gasteiger partial charge in [0.1, 0.15) is 48.3 Å². The lowest BCUT2D eigenvalue weighted by Gasteiger charge is -2.18. The van der Waals surface area contributed by atoms with Crippen molar-refractivity contribution in [3.8, 4) is 0 Å². The molecule has 0 saturated carbocycles. The number of aliphatic hydroxyl groups is 6. The largest absolute Gasteiger partial charge is 0.394 e. The van der Waals surface area contributed by atoms with Gasteiger partial charge >= 0.3 is 11.4 Å². The molecule has 4 rings (SSSR count). The molecular weight excluding hydrogens is 446 g/mol. The first-order valence-corrected chi connectivity index (χ1v) is 9.95. The normalized spacial score (nSPS) is 34.0. The molecule has 7 N–H and O–H groups in total. The van der Waals surface area contributed by atoms with Crippen molar-refractivity contribution in [3.05, 3.63) is 45.5 Å². The summed E-state index contributed by atoms with van der Waals surface area (Å²) in [7, 11) is 0. The molecule has 4 heterocycles. The highest BCUT2D eigenvalue weighted by Gasteiger charge is 2.44. The van der Waals surface area contributed by atoms with Gasteiger partial charge in [-0.1, -0.05) is 0 Å². The van der Waals surface area contributed by atoms with E-state index in [1.54, 1.807) is 0 Å². The van der Waals surface area contributed by atoms with E-state index in [9.17, 15) is 40.2 Å². The Morgan fingerprint density at radius 3 is 1.45 bits per heavy atom. The van der Waals surface area contributed by atoms with Crippen molar-refractivity contribution in [2.75, 3.05) is 18.5 Å². The van der Waals surface area contributed by atoms with Gasteiger partial charge in [0, 0.05) is 12.4 Å². The summed E-state index contributed by atoms with van der Waals surface area (Å²) in [5.74, 6) is 0.0288. The predicted octanol–water partition coefficient (Wildman–Crippen LogP) is -4.23. The molecule has 0 bridgehead atoms. The van der Waals surface area contributed by atoms with Gasteiger partial charge in [-0.2, -0.15) is 9.97 Å². The molecular formula is C18H23N5O10. The van der Waals surface area contributed by atoms with Crippen LogP contribution in [0.15, 0.2) is 34.1 Å². The fourth-order valence-electron chi connectivity index (χ4n) is 3.70. The highest BCUT2D eigenvalue weighted by Crippen LogP contribution is 2.29. The van der Waals surface area contributed by atoms with E-state index in [-0.39, 0.29) is 11.6 Å². The minimum atomic E-state index is -1.45. The van der Waals surface area contributed by atoms with E-state index in [1.807, 2.05) is 0 Å². The van der Waals surface area contributed by atoms with Crippen molar-refractivity contribution >= 4 is 11.6 Å². The lowest BCUT2D eigenvalue weighted by atomic mass is 10.1. The quantitative estimate of drug-likeness (QED) is 0.213. The van der Waals surface area contributed by atoms with Crippen LogP contribution in [0.2, 0.25) is 0 Å². The van der Waals surface area contributed by atoms with Crippen LogP contribution in [-0.4, -0.2) is 99.6 Å². The molecule has 0 radical (unpaired) electrons. The van der Waals surface area contributed by atoms with Crippen molar-refractivity contribution in [1.29, 1.82) is 0 Å². The van der Waals surface area contributed by atoms with Crippen LogP contribution >= 0.6 is 0 Å². The highest BCUT2D eigenvalue weighted by atomic mass is 16.6. The summed E-state index contributed by atoms with van der Waals surface area (Å²) >= 11 is 0. The third-order valence-electron chi connectivity index (χ3n) is 5.50. The second-order valence-electron chi connectivity index (χ2n) is 7.59. The van der Waals surface area contributed by atoms with Crippen LogP contribution in [-0.2, 0) is 9.47 Å². The van der Waals surface area contributed by atoms with Gasteiger partial charge in [0.05, 0.1) is 13.2 Å². The van der Waals surface area contributed by atoms with Crippen LogP contribution < -0.4 is 16.7 Å². The average molecular weight is 469 g/mol. The molecule has 2 saturated heterocycles. The molecule has 180 valence electrons. The molecule has 0 unspecified atom stereocenters. The SMILES string of the molecule is O=c1nc(Nc2ccn([C@@H]3O[C@H](CO)[C@@H](O)[C@@H]3O)c(=O)n2)ccn1[C@@H]1O[C@H](CO)[C@@H](O)[C@@H]1O. The molecule has 0 aromatic carbocycles. The average Bonchev–Trinajstić information content (AvgIpc) is 3.24. The van der Waals surface area contributed by atoms with Crippen LogP contribution in [0.4, 0.5) is 11.6 Å². The Balaban J connectivity index is 1.50. The van der Waals surface area contributed by atoms with Gasteiger partial charge in [0.15, 0.2) is 12.5 Å². The molecule has 2 aliphatic heterocycles. The molecule has 0 aliphatic carbocycles. The van der Waals surface area contributed by atoms with E-state index in [0.29, 0.717) is 0 Å². The van der Waals surface area contributed by atoms with E-state index in [2.05, 4.69) is 15.3 Å². The van der Waals surface area contributed by atoms with Gasteiger partial charge in [-0.05, 0) is 12.1 Å². The number of nitrogens with zero attached hydrogens (tertiary/aromatic N) is 4. The monoisotopic (exact) mass is 469 g/mol. The molecule has 0 amide bonds. The van der Waals surface area contributed by atoms with Gasteiger partial charge in [-0.15, -0.1) is 0 Å². The number of aromatic nitrogens is 4. The number of aliphatic hydroxyl groups excluding tert-OH is 6. The van der Waals surface area contributed by atoms with Crippen LogP contribution in [0.3, 0.4) is 0 Å². The summed E-state index contributed by atoms with van der Waals surface area (Å²) in [5, 5.41) is 60.8. The van der Waals surface area contributed by atoms with Crippen LogP contribution in [0.1, 0.15) is 12.5 Å². The van der Waals surface area contributed by atoms with E-state index < -0.39 is 73.7 Å². The number of nitrogens with one attached hydrogen (secondary N) is 1. The first-order chi connectivity index (χ1) is 15.7. The van der Waals surface area contributed by atoms with Crippen LogP contribution in [0.25, 0.3) is 0 Å². The van der Waals surface area contributed by atoms with E-state index in [0.717, 1.165) is 9.13 Å². The van der Waals surface area contributed by atoms with Gasteiger partial charge in [-0.25, -0.2) is 9.59 Å². The maximum atomic E-state index is 12.4. The summed E-state index contributed by atoms with van der Waals surface area (Å²) < 4.78 is 12.5. The third-order valence-corrected chi connectivity index (χ3v) is 5.50. The summed E-state index contributed by atoms with van der Waals surface area (Å²) in [4.78, 5) is 32.3. The zero-order valence-corrected chi connectivity index (χ0v) is 16.9. The standard InChI is InChI=1S/C18H23N5O10/c24-5-7-11(26)13(28)15(32-7)22-3-1-9(20-17(22)30)19-10-2-4-23(18(31)21-10)16-14(29)12(27)8(6-25)33-16/h1-4,7-8,11-16,24-29H,5-6H2,(H,19,20,21,30,31)/t7-,8-,11-,12-,13+,14+,15-,16-/m1/s1. The van der Waals surface area contributed by atoms with Crippen LogP contribution in [0, 0.1) is 0 Å². The Kier molecular flexibility index (Phi) is 6.55. The molecule has 2 aromatic heterocycles. The van der Waals surface area contributed by atoms with Crippen LogP contribution in [0.5, 0.6) is 0 Å². The molecule has 2 aliphatic rings. The fourth-order valence-corrected chi connectivity index (χ4v) is 3.70.